The lowest BCUT2D eigenvalue weighted by Gasteiger charge is -2.18. The Morgan fingerprint density at radius 2 is 2.00 bits per heavy atom. The van der Waals surface area contributed by atoms with Crippen molar-refractivity contribution in [2.75, 3.05) is 0 Å². The SMILES string of the molecule is CCc1cc(CC)n(CC(O)C(C)CC)n1. The molecule has 0 aliphatic carbocycles. The minimum atomic E-state index is -0.292. The maximum atomic E-state index is 10.0. The molecule has 1 rings (SSSR count). The van der Waals surface area contributed by atoms with Crippen molar-refractivity contribution in [2.24, 2.45) is 5.92 Å². The van der Waals surface area contributed by atoms with E-state index in [1.54, 1.807) is 0 Å². The van der Waals surface area contributed by atoms with Gasteiger partial charge in [-0.05, 0) is 24.8 Å². The second-order valence-corrected chi connectivity index (χ2v) is 4.47. The summed E-state index contributed by atoms with van der Waals surface area (Å²) in [6.07, 6.45) is 2.64. The summed E-state index contributed by atoms with van der Waals surface area (Å²) in [6, 6.07) is 2.14. The van der Waals surface area contributed by atoms with Gasteiger partial charge >= 0.3 is 0 Å². The minimum Gasteiger partial charge on any atom is -0.391 e. The molecule has 92 valence electrons. The van der Waals surface area contributed by atoms with E-state index in [0.29, 0.717) is 12.5 Å². The van der Waals surface area contributed by atoms with Gasteiger partial charge in [-0.15, -0.1) is 0 Å². The van der Waals surface area contributed by atoms with Crippen molar-refractivity contribution < 1.29 is 5.11 Å². The lowest BCUT2D eigenvalue weighted by molar-refractivity contribution is 0.0919. The summed E-state index contributed by atoms with van der Waals surface area (Å²) < 4.78 is 1.97. The number of hydrogen-bond acceptors (Lipinski definition) is 2. The van der Waals surface area contributed by atoms with E-state index in [9.17, 15) is 5.11 Å². The number of rotatable bonds is 6. The third-order valence-electron chi connectivity index (χ3n) is 3.30. The van der Waals surface area contributed by atoms with E-state index in [1.165, 1.54) is 5.69 Å². The quantitative estimate of drug-likeness (QED) is 0.806. The van der Waals surface area contributed by atoms with Gasteiger partial charge in [0, 0.05) is 5.69 Å². The van der Waals surface area contributed by atoms with Crippen LogP contribution in [0.15, 0.2) is 6.07 Å². The molecule has 0 aliphatic heterocycles. The van der Waals surface area contributed by atoms with Gasteiger partial charge in [0.15, 0.2) is 0 Å². The Hall–Kier alpha value is -0.830. The van der Waals surface area contributed by atoms with Gasteiger partial charge in [-0.1, -0.05) is 34.1 Å². The fraction of sp³-hybridized carbons (Fsp3) is 0.769. The normalized spacial score (nSPS) is 15.1. The molecule has 0 saturated carbocycles. The van der Waals surface area contributed by atoms with Crippen LogP contribution in [0.5, 0.6) is 0 Å². The number of nitrogens with zero attached hydrogens (tertiary/aromatic N) is 2. The van der Waals surface area contributed by atoms with Gasteiger partial charge in [-0.3, -0.25) is 4.68 Å². The number of aromatic nitrogens is 2. The molecule has 1 N–H and O–H groups in total. The Bertz CT molecular complexity index is 320. The maximum Gasteiger partial charge on any atom is 0.0761 e. The zero-order chi connectivity index (χ0) is 12.1. The Morgan fingerprint density at radius 1 is 1.31 bits per heavy atom. The zero-order valence-electron chi connectivity index (χ0n) is 10.9. The summed E-state index contributed by atoms with van der Waals surface area (Å²) in [4.78, 5) is 0. The molecule has 0 saturated heterocycles. The van der Waals surface area contributed by atoms with Gasteiger partial charge in [-0.2, -0.15) is 5.10 Å². The molecule has 0 aliphatic rings. The van der Waals surface area contributed by atoms with Gasteiger partial charge < -0.3 is 5.11 Å². The third-order valence-corrected chi connectivity index (χ3v) is 3.30. The molecule has 16 heavy (non-hydrogen) atoms. The topological polar surface area (TPSA) is 38.0 Å². The van der Waals surface area contributed by atoms with Crippen LogP contribution in [0, 0.1) is 5.92 Å². The molecule has 0 amide bonds. The number of aliphatic hydroxyl groups excluding tert-OH is 1. The van der Waals surface area contributed by atoms with Gasteiger partial charge in [0.05, 0.1) is 18.3 Å². The highest BCUT2D eigenvalue weighted by Gasteiger charge is 2.15. The van der Waals surface area contributed by atoms with Crippen molar-refractivity contribution >= 4 is 0 Å². The Labute approximate surface area is 98.5 Å². The zero-order valence-corrected chi connectivity index (χ0v) is 10.9. The molecule has 0 radical (unpaired) electrons. The molecular formula is C13H24N2O. The van der Waals surface area contributed by atoms with Crippen LogP contribution in [-0.2, 0) is 19.4 Å². The van der Waals surface area contributed by atoms with Crippen molar-refractivity contribution in [3.05, 3.63) is 17.5 Å². The van der Waals surface area contributed by atoms with E-state index >= 15 is 0 Å². The first-order chi connectivity index (χ1) is 7.62. The van der Waals surface area contributed by atoms with E-state index in [-0.39, 0.29) is 6.10 Å². The highest BCUT2D eigenvalue weighted by Crippen LogP contribution is 2.12. The Balaban J connectivity index is 2.75. The van der Waals surface area contributed by atoms with Crippen molar-refractivity contribution in [3.8, 4) is 0 Å². The second-order valence-electron chi connectivity index (χ2n) is 4.47. The van der Waals surface area contributed by atoms with Crippen LogP contribution in [0.2, 0.25) is 0 Å². The van der Waals surface area contributed by atoms with Crippen LogP contribution in [0.4, 0.5) is 0 Å². The van der Waals surface area contributed by atoms with E-state index in [2.05, 4.69) is 38.9 Å². The van der Waals surface area contributed by atoms with Crippen LogP contribution in [0.1, 0.15) is 45.5 Å². The largest absolute Gasteiger partial charge is 0.391 e. The average molecular weight is 224 g/mol. The second kappa shape index (κ2) is 6.04. The molecule has 1 heterocycles. The summed E-state index contributed by atoms with van der Waals surface area (Å²) >= 11 is 0. The maximum absolute atomic E-state index is 10.0. The monoisotopic (exact) mass is 224 g/mol. The number of hydrogen-bond donors (Lipinski definition) is 1. The van der Waals surface area contributed by atoms with E-state index in [4.69, 9.17) is 0 Å². The van der Waals surface area contributed by atoms with Crippen LogP contribution >= 0.6 is 0 Å². The highest BCUT2D eigenvalue weighted by molar-refractivity contribution is 5.10. The van der Waals surface area contributed by atoms with Gasteiger partial charge in [0.2, 0.25) is 0 Å². The highest BCUT2D eigenvalue weighted by atomic mass is 16.3. The molecule has 2 unspecified atom stereocenters. The predicted octanol–water partition coefficient (Wildman–Crippen LogP) is 2.41. The Morgan fingerprint density at radius 3 is 2.50 bits per heavy atom. The standard InChI is InChI=1S/C13H24N2O/c1-5-10(4)13(16)9-15-12(7-3)8-11(6-2)14-15/h8,10,13,16H,5-7,9H2,1-4H3. The van der Waals surface area contributed by atoms with Crippen LogP contribution < -0.4 is 0 Å². The molecule has 1 aromatic heterocycles. The van der Waals surface area contributed by atoms with E-state index in [1.807, 2.05) is 4.68 Å². The number of aliphatic hydroxyl groups is 1. The van der Waals surface area contributed by atoms with Crippen LogP contribution in [0.25, 0.3) is 0 Å². The molecule has 0 aromatic carbocycles. The summed E-state index contributed by atoms with van der Waals surface area (Å²) in [7, 11) is 0. The smallest absolute Gasteiger partial charge is 0.0761 e. The molecule has 2 atom stereocenters. The minimum absolute atomic E-state index is 0.292. The number of aryl methyl sites for hydroxylation is 2. The van der Waals surface area contributed by atoms with Gasteiger partial charge in [0.1, 0.15) is 0 Å². The molecular weight excluding hydrogens is 200 g/mol. The summed E-state index contributed by atoms with van der Waals surface area (Å²) in [5.41, 5.74) is 2.34. The third kappa shape index (κ3) is 3.08. The van der Waals surface area contributed by atoms with Crippen molar-refractivity contribution in [1.29, 1.82) is 0 Å². The molecule has 0 spiro atoms. The van der Waals surface area contributed by atoms with Crippen molar-refractivity contribution in [1.82, 2.24) is 9.78 Å². The molecule has 3 heteroatoms. The predicted molar refractivity (Wildman–Crippen MR) is 66.4 cm³/mol. The first-order valence-corrected chi connectivity index (χ1v) is 6.35. The Kier molecular flexibility index (Phi) is 5.00. The first-order valence-electron chi connectivity index (χ1n) is 6.35. The van der Waals surface area contributed by atoms with Crippen LogP contribution in [-0.4, -0.2) is 21.0 Å². The molecule has 0 fully saturated rings. The van der Waals surface area contributed by atoms with Crippen molar-refractivity contribution in [2.45, 2.75) is 59.6 Å². The molecule has 3 nitrogen and oxygen atoms in total. The summed E-state index contributed by atoms with van der Waals surface area (Å²) in [5.74, 6) is 0.332. The van der Waals surface area contributed by atoms with Crippen LogP contribution in [0.3, 0.4) is 0 Å². The fourth-order valence-corrected chi connectivity index (χ4v) is 1.76. The summed E-state index contributed by atoms with van der Waals surface area (Å²) in [6.45, 7) is 9.05. The lowest BCUT2D eigenvalue weighted by atomic mass is 10.0. The molecule has 1 aromatic rings. The van der Waals surface area contributed by atoms with Crippen molar-refractivity contribution in [3.63, 3.8) is 0 Å². The van der Waals surface area contributed by atoms with E-state index in [0.717, 1.165) is 25.0 Å². The van der Waals surface area contributed by atoms with Gasteiger partial charge in [-0.25, -0.2) is 0 Å². The fourth-order valence-electron chi connectivity index (χ4n) is 1.76. The first kappa shape index (κ1) is 13.2. The lowest BCUT2D eigenvalue weighted by Crippen LogP contribution is -2.25. The molecule has 0 bridgehead atoms. The van der Waals surface area contributed by atoms with Gasteiger partial charge in [0.25, 0.3) is 0 Å². The van der Waals surface area contributed by atoms with E-state index < -0.39 is 0 Å². The summed E-state index contributed by atoms with van der Waals surface area (Å²) in [5, 5.41) is 14.5. The average Bonchev–Trinajstić information content (AvgIpc) is 2.70.